The van der Waals surface area contributed by atoms with Crippen molar-refractivity contribution in [3.05, 3.63) is 35.4 Å². The molecular weight excluding hydrogens is 272 g/mol. The lowest BCUT2D eigenvalue weighted by molar-refractivity contribution is 0.118. The fourth-order valence-electron chi connectivity index (χ4n) is 3.15. The normalized spacial score (nSPS) is 18.9. The molecule has 4 heteroatoms. The summed E-state index contributed by atoms with van der Waals surface area (Å²) < 4.78 is 26.8. The molecule has 1 unspecified atom stereocenters. The van der Waals surface area contributed by atoms with Crippen molar-refractivity contribution in [2.24, 2.45) is 5.92 Å². The Hall–Kier alpha value is -1.00. The second-order valence-corrected chi connectivity index (χ2v) is 6.02. The summed E-state index contributed by atoms with van der Waals surface area (Å²) in [6, 6.07) is 3.97. The molecule has 1 aromatic carbocycles. The van der Waals surface area contributed by atoms with Crippen LogP contribution < -0.4 is 0 Å². The van der Waals surface area contributed by atoms with E-state index < -0.39 is 17.7 Å². The van der Waals surface area contributed by atoms with Crippen molar-refractivity contribution in [3.8, 4) is 0 Å². The van der Waals surface area contributed by atoms with Crippen LogP contribution in [0.2, 0.25) is 0 Å². The van der Waals surface area contributed by atoms with Gasteiger partial charge in [0.05, 0.1) is 6.10 Å². The first-order chi connectivity index (χ1) is 10.1. The highest BCUT2D eigenvalue weighted by molar-refractivity contribution is 5.21. The molecule has 1 aromatic rings. The van der Waals surface area contributed by atoms with Gasteiger partial charge in [-0.25, -0.2) is 8.78 Å². The summed E-state index contributed by atoms with van der Waals surface area (Å²) in [7, 11) is 0. The van der Waals surface area contributed by atoms with Gasteiger partial charge in [0, 0.05) is 12.1 Å². The number of benzene rings is 1. The monoisotopic (exact) mass is 297 g/mol. The van der Waals surface area contributed by atoms with Crippen LogP contribution >= 0.6 is 0 Å². The van der Waals surface area contributed by atoms with Crippen molar-refractivity contribution in [1.82, 2.24) is 4.90 Å². The van der Waals surface area contributed by atoms with Crippen molar-refractivity contribution in [3.63, 3.8) is 0 Å². The van der Waals surface area contributed by atoms with Crippen molar-refractivity contribution < 1.29 is 13.9 Å². The van der Waals surface area contributed by atoms with Crippen molar-refractivity contribution in [1.29, 1.82) is 0 Å². The highest BCUT2D eigenvalue weighted by Crippen LogP contribution is 2.25. The molecule has 1 N–H and O–H groups in total. The van der Waals surface area contributed by atoms with Gasteiger partial charge in [0.25, 0.3) is 0 Å². The molecule has 0 radical (unpaired) electrons. The van der Waals surface area contributed by atoms with E-state index in [1.54, 1.807) is 0 Å². The molecule has 2 rings (SSSR count). The lowest BCUT2D eigenvalue weighted by atomic mass is 9.92. The number of aliphatic hydroxyl groups excluding tert-OH is 1. The number of rotatable bonds is 6. The van der Waals surface area contributed by atoms with Gasteiger partial charge in [0.1, 0.15) is 0 Å². The van der Waals surface area contributed by atoms with Crippen LogP contribution in [0.5, 0.6) is 0 Å². The van der Waals surface area contributed by atoms with Crippen LogP contribution in [0.4, 0.5) is 8.78 Å². The highest BCUT2D eigenvalue weighted by atomic mass is 19.2. The van der Waals surface area contributed by atoms with Gasteiger partial charge >= 0.3 is 0 Å². The smallest absolute Gasteiger partial charge is 0.164 e. The van der Waals surface area contributed by atoms with E-state index in [4.69, 9.17) is 0 Å². The van der Waals surface area contributed by atoms with Crippen LogP contribution in [-0.4, -0.2) is 29.6 Å². The van der Waals surface area contributed by atoms with Gasteiger partial charge in [-0.05, 0) is 44.3 Å². The maximum atomic E-state index is 13.6. The van der Waals surface area contributed by atoms with E-state index in [-0.39, 0.29) is 5.56 Å². The minimum atomic E-state index is -0.936. The minimum Gasteiger partial charge on any atom is -0.388 e. The maximum Gasteiger partial charge on any atom is 0.164 e. The van der Waals surface area contributed by atoms with Gasteiger partial charge in [0.15, 0.2) is 11.6 Å². The first kappa shape index (κ1) is 16.4. The molecule has 118 valence electrons. The van der Waals surface area contributed by atoms with E-state index in [0.29, 0.717) is 6.42 Å². The van der Waals surface area contributed by atoms with Gasteiger partial charge in [-0.3, -0.25) is 0 Å². The highest BCUT2D eigenvalue weighted by Gasteiger charge is 2.20. The average Bonchev–Trinajstić information content (AvgIpc) is 2.49. The van der Waals surface area contributed by atoms with Crippen molar-refractivity contribution in [2.45, 2.75) is 45.1 Å². The molecule has 0 bridgehead atoms. The van der Waals surface area contributed by atoms with E-state index in [9.17, 15) is 13.9 Å². The molecule has 0 saturated carbocycles. The molecule has 0 aliphatic carbocycles. The first-order valence-electron chi connectivity index (χ1n) is 7.96. The summed E-state index contributed by atoms with van der Waals surface area (Å²) in [6.07, 6.45) is 4.46. The molecule has 21 heavy (non-hydrogen) atoms. The topological polar surface area (TPSA) is 23.5 Å². The first-order valence-corrected chi connectivity index (χ1v) is 7.96. The third-order valence-electron chi connectivity index (χ3n) is 4.46. The molecule has 0 aromatic heterocycles. The van der Waals surface area contributed by atoms with Gasteiger partial charge in [-0.2, -0.15) is 0 Å². The van der Waals surface area contributed by atoms with Crippen LogP contribution in [0.15, 0.2) is 18.2 Å². The van der Waals surface area contributed by atoms with Gasteiger partial charge in [0.2, 0.25) is 0 Å². The summed E-state index contributed by atoms with van der Waals surface area (Å²) in [5.74, 6) is -0.990. The Labute approximate surface area is 125 Å². The molecular formula is C17H25F2NO. The number of piperidine rings is 1. The molecule has 1 aliphatic rings. The maximum absolute atomic E-state index is 13.6. The summed E-state index contributed by atoms with van der Waals surface area (Å²) in [5.41, 5.74) is 0.0656. The molecule has 1 fully saturated rings. The van der Waals surface area contributed by atoms with E-state index >= 15 is 0 Å². The van der Waals surface area contributed by atoms with Crippen LogP contribution in [0.25, 0.3) is 0 Å². The third kappa shape index (κ3) is 4.48. The Balaban J connectivity index is 1.79. The van der Waals surface area contributed by atoms with Gasteiger partial charge in [-0.15, -0.1) is 0 Å². The Morgan fingerprint density at radius 3 is 2.67 bits per heavy atom. The Morgan fingerprint density at radius 1 is 1.29 bits per heavy atom. The second-order valence-electron chi connectivity index (χ2n) is 6.02. The quantitative estimate of drug-likeness (QED) is 0.861. The predicted molar refractivity (Wildman–Crippen MR) is 80.0 cm³/mol. The summed E-state index contributed by atoms with van der Waals surface area (Å²) in [6.45, 7) is 5.04. The Kier molecular flexibility index (Phi) is 6.12. The summed E-state index contributed by atoms with van der Waals surface area (Å²) in [5, 5.41) is 10.1. The Morgan fingerprint density at radius 2 is 2.00 bits per heavy atom. The average molecular weight is 297 g/mol. The van der Waals surface area contributed by atoms with Crippen molar-refractivity contribution in [2.75, 3.05) is 19.6 Å². The van der Waals surface area contributed by atoms with Gasteiger partial charge < -0.3 is 10.0 Å². The lowest BCUT2D eigenvalue weighted by Crippen LogP contribution is -2.35. The molecule has 1 saturated heterocycles. The minimum absolute atomic E-state index is 0.0656. The van der Waals surface area contributed by atoms with E-state index in [1.807, 2.05) is 0 Å². The van der Waals surface area contributed by atoms with Crippen LogP contribution in [0.3, 0.4) is 0 Å². The largest absolute Gasteiger partial charge is 0.388 e. The number of likely N-dealkylation sites (tertiary alicyclic amines) is 1. The molecule has 0 spiro atoms. The van der Waals surface area contributed by atoms with Crippen LogP contribution in [0, 0.1) is 17.6 Å². The number of hydrogen-bond acceptors (Lipinski definition) is 2. The van der Waals surface area contributed by atoms with Gasteiger partial charge in [-0.1, -0.05) is 31.9 Å². The second kappa shape index (κ2) is 7.85. The fourth-order valence-corrected chi connectivity index (χ4v) is 3.15. The zero-order chi connectivity index (χ0) is 15.2. The molecule has 1 aliphatic heterocycles. The van der Waals surface area contributed by atoms with E-state index in [1.165, 1.54) is 37.8 Å². The Bertz CT molecular complexity index is 444. The fraction of sp³-hybridized carbons (Fsp3) is 0.647. The van der Waals surface area contributed by atoms with Crippen LogP contribution in [-0.2, 0) is 0 Å². The standard InChI is InChI=1S/C17H25F2NO/c1-2-4-13-7-10-20(11-8-13)12-9-16(21)14-5-3-6-15(18)17(14)19/h3,5-6,13,16,21H,2,4,7-12H2,1H3. The number of hydrogen-bond donors (Lipinski definition) is 1. The lowest BCUT2D eigenvalue weighted by Gasteiger charge is -2.32. The zero-order valence-electron chi connectivity index (χ0n) is 12.7. The molecule has 0 amide bonds. The number of halogens is 2. The van der Waals surface area contributed by atoms with Crippen LogP contribution in [0.1, 0.15) is 50.7 Å². The predicted octanol–water partition coefficient (Wildman–Crippen LogP) is 3.90. The molecule has 1 heterocycles. The van der Waals surface area contributed by atoms with E-state index in [2.05, 4.69) is 11.8 Å². The number of nitrogens with zero attached hydrogens (tertiary/aromatic N) is 1. The molecule has 1 atom stereocenters. The molecule has 2 nitrogen and oxygen atoms in total. The SMILES string of the molecule is CCCC1CCN(CCC(O)c2cccc(F)c2F)CC1. The summed E-state index contributed by atoms with van der Waals surface area (Å²) >= 11 is 0. The van der Waals surface area contributed by atoms with Crippen molar-refractivity contribution >= 4 is 0 Å². The zero-order valence-corrected chi connectivity index (χ0v) is 12.7. The summed E-state index contributed by atoms with van der Waals surface area (Å²) in [4.78, 5) is 2.31. The third-order valence-corrected chi connectivity index (χ3v) is 4.46. The number of aliphatic hydroxyl groups is 1. The van der Waals surface area contributed by atoms with E-state index in [0.717, 1.165) is 31.6 Å².